The van der Waals surface area contributed by atoms with E-state index in [0.717, 1.165) is 3.57 Å². The maximum Gasteiger partial charge on any atom is 0.192 e. The number of halogens is 1. The summed E-state index contributed by atoms with van der Waals surface area (Å²) in [5.74, 6) is 0.325. The molecule has 0 saturated heterocycles. The highest BCUT2D eigenvalue weighted by atomic mass is 127. The molecule has 21 heavy (non-hydrogen) atoms. The number of carbonyl (C=O) groups is 1. The Morgan fingerprint density at radius 1 is 1.05 bits per heavy atom. The van der Waals surface area contributed by atoms with Crippen molar-refractivity contribution in [1.82, 2.24) is 0 Å². The Bertz CT molecular complexity index is 866. The second-order valence-corrected chi connectivity index (χ2v) is 5.93. The number of carbonyl (C=O) groups excluding carboxylic acids is 1. The Hall–Kier alpha value is -1.95. The van der Waals surface area contributed by atoms with Crippen molar-refractivity contribution < 1.29 is 9.21 Å². The van der Waals surface area contributed by atoms with Crippen LogP contribution in [-0.2, 0) is 6.42 Å². The van der Waals surface area contributed by atoms with Crippen molar-refractivity contribution in [3.8, 4) is 0 Å². The fourth-order valence-electron chi connectivity index (χ4n) is 2.15. The summed E-state index contributed by atoms with van der Waals surface area (Å²) in [5.41, 5.74) is 1.01. The highest BCUT2D eigenvalue weighted by molar-refractivity contribution is 14.1. The zero-order valence-electron chi connectivity index (χ0n) is 11.0. The first-order valence-electron chi connectivity index (χ1n) is 6.44. The van der Waals surface area contributed by atoms with Crippen molar-refractivity contribution in [2.24, 2.45) is 0 Å². The van der Waals surface area contributed by atoms with Crippen molar-refractivity contribution >= 4 is 39.3 Å². The number of Topliss-reactive ketones (excluding diaryl/α,β-unsaturated/α-hetero) is 1. The largest absolute Gasteiger partial charge is 0.460 e. The third-order valence-corrected chi connectivity index (χ3v) is 3.84. The highest BCUT2D eigenvalue weighted by Gasteiger charge is 2.11. The predicted molar refractivity (Wildman–Crippen MR) is 89.7 cm³/mol. The minimum absolute atomic E-state index is 0.0661. The van der Waals surface area contributed by atoms with E-state index in [1.807, 2.05) is 24.3 Å². The molecule has 0 saturated carbocycles. The Kier molecular flexibility index (Phi) is 3.88. The van der Waals surface area contributed by atoms with Gasteiger partial charge in [-0.3, -0.25) is 9.59 Å². The van der Waals surface area contributed by atoms with E-state index in [-0.39, 0.29) is 17.6 Å². The molecule has 0 N–H and O–H groups in total. The third kappa shape index (κ3) is 3.05. The van der Waals surface area contributed by atoms with E-state index in [0.29, 0.717) is 22.3 Å². The van der Waals surface area contributed by atoms with Crippen LogP contribution in [0.2, 0.25) is 0 Å². The van der Waals surface area contributed by atoms with Crippen LogP contribution in [0.15, 0.2) is 63.8 Å². The van der Waals surface area contributed by atoms with Crippen LogP contribution in [-0.4, -0.2) is 5.78 Å². The lowest BCUT2D eigenvalue weighted by Crippen LogP contribution is -2.08. The van der Waals surface area contributed by atoms with Crippen molar-refractivity contribution in [3.63, 3.8) is 0 Å². The third-order valence-electron chi connectivity index (χ3n) is 3.17. The zero-order chi connectivity index (χ0) is 14.8. The molecule has 0 fully saturated rings. The second kappa shape index (κ2) is 5.81. The van der Waals surface area contributed by atoms with Crippen LogP contribution in [0, 0.1) is 3.57 Å². The van der Waals surface area contributed by atoms with E-state index in [2.05, 4.69) is 22.6 Å². The van der Waals surface area contributed by atoms with Gasteiger partial charge < -0.3 is 4.42 Å². The summed E-state index contributed by atoms with van der Waals surface area (Å²) in [4.78, 5) is 24.2. The molecule has 1 aromatic heterocycles. The number of rotatable bonds is 3. The van der Waals surface area contributed by atoms with Gasteiger partial charge in [-0.15, -0.1) is 0 Å². The molecule has 4 heteroatoms. The maximum absolute atomic E-state index is 12.2. The van der Waals surface area contributed by atoms with Gasteiger partial charge in [0.15, 0.2) is 11.2 Å². The monoisotopic (exact) mass is 390 g/mol. The van der Waals surface area contributed by atoms with Crippen molar-refractivity contribution in [2.45, 2.75) is 6.42 Å². The SMILES string of the molecule is O=C(Cc1cc(=O)c2cc(I)ccc2o1)c1ccccc1. The van der Waals surface area contributed by atoms with Gasteiger partial charge >= 0.3 is 0 Å². The first kappa shape index (κ1) is 14.0. The number of benzene rings is 2. The summed E-state index contributed by atoms with van der Waals surface area (Å²) in [6, 6.07) is 15.8. The van der Waals surface area contributed by atoms with Gasteiger partial charge in [-0.1, -0.05) is 30.3 Å². The van der Waals surface area contributed by atoms with E-state index in [9.17, 15) is 9.59 Å². The van der Waals surface area contributed by atoms with E-state index in [1.165, 1.54) is 6.07 Å². The van der Waals surface area contributed by atoms with Gasteiger partial charge in [-0.05, 0) is 40.8 Å². The molecule has 1 heterocycles. The lowest BCUT2D eigenvalue weighted by atomic mass is 10.1. The summed E-state index contributed by atoms with van der Waals surface area (Å²) >= 11 is 2.15. The van der Waals surface area contributed by atoms with Crippen molar-refractivity contribution in [3.05, 3.63) is 79.7 Å². The standard InChI is InChI=1S/C17H11IO3/c18-12-6-7-17-14(8-12)16(20)10-13(21-17)9-15(19)11-4-2-1-3-5-11/h1-8,10H,9H2. The molecular formula is C17H11IO3. The zero-order valence-corrected chi connectivity index (χ0v) is 13.2. The van der Waals surface area contributed by atoms with Crippen molar-refractivity contribution in [2.75, 3.05) is 0 Å². The summed E-state index contributed by atoms with van der Waals surface area (Å²) in [7, 11) is 0. The van der Waals surface area contributed by atoms with Gasteiger partial charge in [-0.25, -0.2) is 0 Å². The summed E-state index contributed by atoms with van der Waals surface area (Å²) in [5, 5.41) is 0.540. The first-order valence-corrected chi connectivity index (χ1v) is 7.52. The summed E-state index contributed by atoms with van der Waals surface area (Å²) in [6.45, 7) is 0. The van der Waals surface area contributed by atoms with Gasteiger partial charge in [0.1, 0.15) is 11.3 Å². The molecule has 0 aliphatic heterocycles. The molecule has 0 unspecified atom stereocenters. The molecule has 3 nitrogen and oxygen atoms in total. The predicted octanol–water partition coefficient (Wildman–Crippen LogP) is 3.82. The number of hydrogen-bond donors (Lipinski definition) is 0. The molecule has 0 aliphatic carbocycles. The van der Waals surface area contributed by atoms with Crippen LogP contribution >= 0.6 is 22.6 Å². The topological polar surface area (TPSA) is 47.3 Å². The number of ketones is 1. The van der Waals surface area contributed by atoms with Crippen LogP contribution in [0.1, 0.15) is 16.1 Å². The lowest BCUT2D eigenvalue weighted by molar-refractivity contribution is 0.0987. The molecule has 0 bridgehead atoms. The molecule has 0 radical (unpaired) electrons. The maximum atomic E-state index is 12.2. The van der Waals surface area contributed by atoms with E-state index >= 15 is 0 Å². The van der Waals surface area contributed by atoms with Crippen molar-refractivity contribution in [1.29, 1.82) is 0 Å². The van der Waals surface area contributed by atoms with E-state index in [4.69, 9.17) is 4.42 Å². The quantitative estimate of drug-likeness (QED) is 0.505. The second-order valence-electron chi connectivity index (χ2n) is 4.68. The fourth-order valence-corrected chi connectivity index (χ4v) is 2.64. The minimum atomic E-state index is -0.120. The molecule has 3 rings (SSSR count). The molecule has 2 aromatic carbocycles. The molecule has 0 amide bonds. The van der Waals surface area contributed by atoms with E-state index < -0.39 is 0 Å². The molecule has 104 valence electrons. The summed E-state index contributed by atoms with van der Waals surface area (Å²) in [6.07, 6.45) is 0.0845. The Balaban J connectivity index is 1.97. The minimum Gasteiger partial charge on any atom is -0.460 e. The average Bonchev–Trinajstić information content (AvgIpc) is 2.49. The molecule has 3 aromatic rings. The number of fused-ring (bicyclic) bond motifs is 1. The average molecular weight is 390 g/mol. The van der Waals surface area contributed by atoms with Gasteiger partial charge in [0, 0.05) is 15.2 Å². The first-order chi connectivity index (χ1) is 10.1. The van der Waals surface area contributed by atoms with Gasteiger partial charge in [0.2, 0.25) is 0 Å². The van der Waals surface area contributed by atoms with Crippen LogP contribution in [0.25, 0.3) is 11.0 Å². The van der Waals surface area contributed by atoms with Gasteiger partial charge in [0.25, 0.3) is 0 Å². The molecule has 0 aliphatic rings. The highest BCUT2D eigenvalue weighted by Crippen LogP contribution is 2.17. The Morgan fingerprint density at radius 3 is 2.57 bits per heavy atom. The van der Waals surface area contributed by atoms with E-state index in [1.54, 1.807) is 24.3 Å². The Labute approximate surface area is 134 Å². The molecule has 0 atom stereocenters. The normalized spacial score (nSPS) is 10.7. The van der Waals surface area contributed by atoms with Gasteiger partial charge in [0.05, 0.1) is 11.8 Å². The van der Waals surface area contributed by atoms with Crippen LogP contribution in [0.5, 0.6) is 0 Å². The van der Waals surface area contributed by atoms with Crippen LogP contribution < -0.4 is 5.43 Å². The molecule has 0 spiro atoms. The van der Waals surface area contributed by atoms with Crippen LogP contribution in [0.3, 0.4) is 0 Å². The Morgan fingerprint density at radius 2 is 1.81 bits per heavy atom. The lowest BCUT2D eigenvalue weighted by Gasteiger charge is -2.03. The summed E-state index contributed by atoms with van der Waals surface area (Å²) < 4.78 is 6.64. The fraction of sp³-hybridized carbons (Fsp3) is 0.0588. The smallest absolute Gasteiger partial charge is 0.192 e. The van der Waals surface area contributed by atoms with Gasteiger partial charge in [-0.2, -0.15) is 0 Å². The molecular weight excluding hydrogens is 379 g/mol. The van der Waals surface area contributed by atoms with Crippen LogP contribution in [0.4, 0.5) is 0 Å². The number of hydrogen-bond acceptors (Lipinski definition) is 3.